The Labute approximate surface area is 418 Å². The van der Waals surface area contributed by atoms with Crippen LogP contribution in [0, 0.1) is 0 Å². The molecule has 2 heterocycles. The highest BCUT2D eigenvalue weighted by molar-refractivity contribution is 7.00. The topological polar surface area (TPSA) is 6.48 Å². The minimum atomic E-state index is -0.250. The van der Waals surface area contributed by atoms with E-state index in [0.29, 0.717) is 0 Å². The molecule has 2 aliphatic heterocycles. The summed E-state index contributed by atoms with van der Waals surface area (Å²) in [6.45, 7) is 9.41. The van der Waals surface area contributed by atoms with Crippen LogP contribution in [0.15, 0.2) is 249 Å². The fourth-order valence-corrected chi connectivity index (χ4v) is 12.0. The van der Waals surface area contributed by atoms with Crippen molar-refractivity contribution < 1.29 is 0 Å². The molecule has 0 saturated heterocycles. The van der Waals surface area contributed by atoms with E-state index in [1.54, 1.807) is 0 Å². The minimum absolute atomic E-state index is 0.0778. The number of hydrogen-bond acceptors (Lipinski definition) is 2. The van der Waals surface area contributed by atoms with Crippen LogP contribution in [-0.2, 0) is 10.8 Å². The summed E-state index contributed by atoms with van der Waals surface area (Å²) >= 11 is 0. The predicted octanol–water partition coefficient (Wildman–Crippen LogP) is 16.1. The highest BCUT2D eigenvalue weighted by Gasteiger charge is 2.45. The quantitative estimate of drug-likeness (QED) is 0.111. The van der Waals surface area contributed by atoms with Crippen LogP contribution in [-0.4, -0.2) is 6.71 Å². The number of fused-ring (bicyclic) bond motifs is 6. The predicted molar refractivity (Wildman–Crippen MR) is 303 cm³/mol. The van der Waals surface area contributed by atoms with Crippen molar-refractivity contribution in [1.29, 1.82) is 0 Å². The van der Waals surface area contributed by atoms with Crippen molar-refractivity contribution in [3.63, 3.8) is 0 Å². The zero-order valence-corrected chi connectivity index (χ0v) is 40.6. The molecule has 0 aliphatic carbocycles. The van der Waals surface area contributed by atoms with Crippen LogP contribution in [0.3, 0.4) is 0 Å². The van der Waals surface area contributed by atoms with E-state index in [9.17, 15) is 0 Å². The first kappa shape index (κ1) is 42.7. The van der Waals surface area contributed by atoms with Gasteiger partial charge in [0.1, 0.15) is 0 Å². The van der Waals surface area contributed by atoms with Crippen molar-refractivity contribution in [2.45, 2.75) is 38.5 Å². The van der Waals surface area contributed by atoms with E-state index in [1.165, 1.54) is 105 Å². The summed E-state index contributed by atoms with van der Waals surface area (Å²) in [6.07, 6.45) is 0. The van der Waals surface area contributed by atoms with E-state index < -0.39 is 0 Å². The van der Waals surface area contributed by atoms with Crippen LogP contribution in [0.5, 0.6) is 0 Å². The van der Waals surface area contributed by atoms with Gasteiger partial charge in [0.05, 0.1) is 0 Å². The Morgan fingerprint density at radius 2 is 0.634 bits per heavy atom. The van der Waals surface area contributed by atoms with Gasteiger partial charge in [-0.1, -0.05) is 228 Å². The molecule has 0 aromatic heterocycles. The van der Waals surface area contributed by atoms with Gasteiger partial charge in [0.25, 0.3) is 6.71 Å². The smallest absolute Gasteiger partial charge is 0.252 e. The second-order valence-electron chi connectivity index (χ2n) is 20.4. The van der Waals surface area contributed by atoms with Gasteiger partial charge >= 0.3 is 0 Å². The Hall–Kier alpha value is -8.40. The van der Waals surface area contributed by atoms with Gasteiger partial charge in [-0.25, -0.2) is 0 Å². The Kier molecular flexibility index (Phi) is 10.0. The van der Waals surface area contributed by atoms with Crippen LogP contribution >= 0.6 is 0 Å². The Bertz CT molecular complexity index is 3590. The molecule has 0 radical (unpaired) electrons. The van der Waals surface area contributed by atoms with Gasteiger partial charge < -0.3 is 9.80 Å². The number of rotatable bonds is 8. The van der Waals surface area contributed by atoms with Gasteiger partial charge in [0.15, 0.2) is 0 Å². The molecule has 0 spiro atoms. The van der Waals surface area contributed by atoms with Crippen LogP contribution in [0.1, 0.15) is 49.9 Å². The van der Waals surface area contributed by atoms with Crippen LogP contribution < -0.4 is 26.2 Å². The fraction of sp³-hybridized carbons (Fsp3) is 0.0882. The molecule has 11 aromatic rings. The molecular weight excluding hydrogens is 856 g/mol. The van der Waals surface area contributed by atoms with Gasteiger partial charge in [-0.05, 0) is 131 Å². The lowest BCUT2D eigenvalue weighted by atomic mass is 9.33. The van der Waals surface area contributed by atoms with Crippen molar-refractivity contribution in [1.82, 2.24) is 0 Å². The van der Waals surface area contributed by atoms with E-state index in [-0.39, 0.29) is 17.5 Å². The first-order chi connectivity index (χ1) is 34.8. The lowest BCUT2D eigenvalue weighted by Gasteiger charge is -2.45. The largest absolute Gasteiger partial charge is 0.311 e. The van der Waals surface area contributed by atoms with Crippen molar-refractivity contribution >= 4 is 78.8 Å². The lowest BCUT2D eigenvalue weighted by molar-refractivity contribution is 0.641. The van der Waals surface area contributed by atoms with Crippen molar-refractivity contribution in [2.75, 3.05) is 9.80 Å². The number of para-hydroxylation sites is 2. The van der Waals surface area contributed by atoms with Gasteiger partial charge in [0.2, 0.25) is 0 Å². The van der Waals surface area contributed by atoms with Gasteiger partial charge in [0, 0.05) is 45.0 Å². The maximum absolute atomic E-state index is 2.56. The van der Waals surface area contributed by atoms with Crippen molar-refractivity contribution in [3.8, 4) is 22.3 Å². The first-order valence-corrected chi connectivity index (χ1v) is 25.0. The summed E-state index contributed by atoms with van der Waals surface area (Å²) in [7, 11) is 0. The molecule has 3 heteroatoms. The zero-order valence-electron chi connectivity index (χ0n) is 40.6. The molecule has 0 unspecified atom stereocenters. The van der Waals surface area contributed by atoms with Crippen LogP contribution in [0.4, 0.5) is 34.1 Å². The lowest BCUT2D eigenvalue weighted by Crippen LogP contribution is -2.61. The number of benzene rings is 11. The average molecular weight is 909 g/mol. The molecule has 2 nitrogen and oxygen atoms in total. The summed E-state index contributed by atoms with van der Waals surface area (Å²) in [6, 6.07) is 92.8. The van der Waals surface area contributed by atoms with Crippen LogP contribution in [0.25, 0.3) is 43.8 Å². The van der Waals surface area contributed by atoms with E-state index in [1.807, 2.05) is 0 Å². The van der Waals surface area contributed by atoms with E-state index >= 15 is 0 Å². The third kappa shape index (κ3) is 6.78. The summed E-state index contributed by atoms with van der Waals surface area (Å²) < 4.78 is 0. The zero-order chi connectivity index (χ0) is 47.8. The Balaban J connectivity index is 1.16. The van der Waals surface area contributed by atoms with E-state index in [2.05, 4.69) is 286 Å². The molecule has 11 aromatic carbocycles. The molecular formula is C68H53BN2. The van der Waals surface area contributed by atoms with Gasteiger partial charge in [-0.2, -0.15) is 0 Å². The third-order valence-electron chi connectivity index (χ3n) is 15.8. The maximum Gasteiger partial charge on any atom is 0.252 e. The SMILES string of the molecule is CC(C)(c1ccccc1)c1ccc2c(c1)B1c3cc(C(C)(C)c4ccccc4)ccc3N(c3ccccc3)c3cc(-c4c5ccccc5c(-c5ccccc5)c5ccccc45)cc(c31)N2c1ccccc1. The highest BCUT2D eigenvalue weighted by atomic mass is 15.2. The fourth-order valence-electron chi connectivity index (χ4n) is 12.0. The second kappa shape index (κ2) is 16.6. The maximum atomic E-state index is 2.56. The Morgan fingerprint density at radius 3 is 1.03 bits per heavy atom. The molecule has 0 N–H and O–H groups in total. The molecule has 0 fully saturated rings. The summed E-state index contributed by atoms with van der Waals surface area (Å²) in [5.74, 6) is 0. The Morgan fingerprint density at radius 1 is 0.296 bits per heavy atom. The molecule has 71 heavy (non-hydrogen) atoms. The van der Waals surface area contributed by atoms with E-state index in [4.69, 9.17) is 0 Å². The highest BCUT2D eigenvalue weighted by Crippen LogP contribution is 2.50. The molecule has 2 aliphatic rings. The van der Waals surface area contributed by atoms with Gasteiger partial charge in [-0.15, -0.1) is 0 Å². The van der Waals surface area contributed by atoms with Crippen molar-refractivity contribution in [3.05, 3.63) is 271 Å². The third-order valence-corrected chi connectivity index (χ3v) is 15.8. The average Bonchev–Trinajstić information content (AvgIpc) is 3.43. The summed E-state index contributed by atoms with van der Waals surface area (Å²) in [4.78, 5) is 5.12. The normalized spacial score (nSPS) is 13.0. The molecule has 0 bridgehead atoms. The first-order valence-electron chi connectivity index (χ1n) is 25.0. The minimum Gasteiger partial charge on any atom is -0.311 e. The molecule has 0 amide bonds. The monoisotopic (exact) mass is 908 g/mol. The number of nitrogens with zero attached hydrogens (tertiary/aromatic N) is 2. The second-order valence-corrected chi connectivity index (χ2v) is 20.4. The number of hydrogen-bond donors (Lipinski definition) is 0. The molecule has 338 valence electrons. The van der Waals surface area contributed by atoms with E-state index in [0.717, 1.165) is 11.4 Å². The molecule has 13 rings (SSSR count). The molecule has 0 saturated carbocycles. The molecule has 0 atom stereocenters. The summed E-state index contributed by atoms with van der Waals surface area (Å²) in [5.41, 5.74) is 20.6. The standard InChI is InChI=1S/C68H53BN2/c1-67(2,48-26-12-6-13-27-48)50-38-40-60-58(44-50)69-59-45-51(68(3,4)49-28-14-7-15-29-49)39-41-61(59)71(53-32-18-9-19-33-53)63-43-47(42-62(66(63)69)70(60)52-30-16-8-17-31-52)65-56-36-22-20-34-54(56)64(46-24-10-5-11-25-46)55-35-21-23-37-57(55)65/h5-45H,1-4H3. The van der Waals surface area contributed by atoms with Crippen molar-refractivity contribution in [2.24, 2.45) is 0 Å². The van der Waals surface area contributed by atoms with Crippen LogP contribution in [0.2, 0.25) is 0 Å². The van der Waals surface area contributed by atoms with Gasteiger partial charge in [-0.3, -0.25) is 0 Å². The summed E-state index contributed by atoms with van der Waals surface area (Å²) in [5, 5.41) is 4.96. The number of anilines is 6.